The normalized spacial score (nSPS) is 26.8. The molecule has 0 aromatic heterocycles. The van der Waals surface area contributed by atoms with Gasteiger partial charge >= 0.3 is 0 Å². The van der Waals surface area contributed by atoms with E-state index >= 15 is 0 Å². The molecular weight excluding hydrogens is 344 g/mol. The minimum absolute atomic E-state index is 0.0192. The molecule has 0 aliphatic carbocycles. The van der Waals surface area contributed by atoms with Crippen molar-refractivity contribution < 1.29 is 19.0 Å². The van der Waals surface area contributed by atoms with Crippen LogP contribution in [0.3, 0.4) is 0 Å². The Morgan fingerprint density at radius 1 is 1.15 bits per heavy atom. The fourth-order valence-electron chi connectivity index (χ4n) is 4.85. The summed E-state index contributed by atoms with van der Waals surface area (Å²) in [4.78, 5) is 17.4. The van der Waals surface area contributed by atoms with Crippen molar-refractivity contribution in [3.63, 3.8) is 0 Å². The van der Waals surface area contributed by atoms with E-state index in [2.05, 4.69) is 4.90 Å². The maximum Gasteiger partial charge on any atom is 0.257 e. The fraction of sp³-hybridized carbons (Fsp3) is 0.667. The number of carbonyl (C=O) groups is 1. The lowest BCUT2D eigenvalue weighted by Gasteiger charge is -2.53. The number of fused-ring (bicyclic) bond motifs is 1. The average Bonchev–Trinajstić information content (AvgIpc) is 3.19. The molecule has 4 aliphatic rings. The van der Waals surface area contributed by atoms with Gasteiger partial charge in [-0.25, -0.2) is 0 Å². The van der Waals surface area contributed by atoms with Crippen LogP contribution in [0.1, 0.15) is 36.0 Å². The second kappa shape index (κ2) is 6.99. The number of hydrogen-bond acceptors (Lipinski definition) is 5. The summed E-state index contributed by atoms with van der Waals surface area (Å²) in [5, 5.41) is 0. The van der Waals surface area contributed by atoms with Gasteiger partial charge in [0.2, 0.25) is 0 Å². The molecule has 0 saturated carbocycles. The highest BCUT2D eigenvalue weighted by Crippen LogP contribution is 2.39. The largest absolute Gasteiger partial charge is 0.486 e. The molecule has 0 radical (unpaired) electrons. The van der Waals surface area contributed by atoms with Gasteiger partial charge < -0.3 is 24.0 Å². The zero-order valence-electron chi connectivity index (χ0n) is 15.8. The molecule has 146 valence electrons. The van der Waals surface area contributed by atoms with E-state index in [0.717, 1.165) is 13.0 Å². The smallest absolute Gasteiger partial charge is 0.257 e. The number of amides is 1. The Labute approximate surface area is 160 Å². The van der Waals surface area contributed by atoms with Crippen molar-refractivity contribution in [2.75, 3.05) is 52.5 Å². The zero-order chi connectivity index (χ0) is 18.3. The van der Waals surface area contributed by atoms with Crippen molar-refractivity contribution in [2.45, 2.75) is 31.3 Å². The molecule has 3 fully saturated rings. The van der Waals surface area contributed by atoms with Crippen molar-refractivity contribution in [1.82, 2.24) is 9.80 Å². The summed E-state index contributed by atoms with van der Waals surface area (Å²) < 4.78 is 17.6. The number of carbonyl (C=O) groups excluding carboxylic acids is 1. The SMILES string of the molecule is O=C(c1cccc2c1OCCO2)N1CC2(CC[C@@H](CN3CCCC3)CO2)C1. The van der Waals surface area contributed by atoms with Crippen molar-refractivity contribution in [2.24, 2.45) is 5.92 Å². The first kappa shape index (κ1) is 17.3. The first-order valence-electron chi connectivity index (χ1n) is 10.3. The van der Waals surface area contributed by atoms with E-state index in [1.807, 2.05) is 23.1 Å². The molecule has 5 rings (SSSR count). The van der Waals surface area contributed by atoms with Gasteiger partial charge in [-0.15, -0.1) is 0 Å². The Balaban J connectivity index is 1.17. The van der Waals surface area contributed by atoms with Crippen LogP contribution in [0.5, 0.6) is 11.5 Å². The van der Waals surface area contributed by atoms with E-state index in [1.54, 1.807) is 0 Å². The molecule has 1 amide bonds. The molecule has 1 aromatic carbocycles. The van der Waals surface area contributed by atoms with Crippen LogP contribution < -0.4 is 9.47 Å². The molecule has 27 heavy (non-hydrogen) atoms. The molecule has 1 aromatic rings. The number of ether oxygens (including phenoxy) is 3. The van der Waals surface area contributed by atoms with E-state index in [-0.39, 0.29) is 11.5 Å². The number of hydrogen-bond donors (Lipinski definition) is 0. The van der Waals surface area contributed by atoms with Gasteiger partial charge in [0.15, 0.2) is 11.5 Å². The number of rotatable bonds is 3. The molecule has 0 unspecified atom stereocenters. The predicted molar refractivity (Wildman–Crippen MR) is 100 cm³/mol. The van der Waals surface area contributed by atoms with E-state index in [0.29, 0.717) is 49.3 Å². The minimum atomic E-state index is -0.122. The van der Waals surface area contributed by atoms with Gasteiger partial charge in [-0.05, 0) is 56.8 Å². The quantitative estimate of drug-likeness (QED) is 0.814. The van der Waals surface area contributed by atoms with Crippen LogP contribution in [0.4, 0.5) is 0 Å². The Bertz CT molecular complexity index is 700. The van der Waals surface area contributed by atoms with Crippen LogP contribution in [0.15, 0.2) is 18.2 Å². The van der Waals surface area contributed by atoms with Crippen LogP contribution in [0.2, 0.25) is 0 Å². The first-order chi connectivity index (χ1) is 13.2. The number of nitrogens with zero attached hydrogens (tertiary/aromatic N) is 2. The highest BCUT2D eigenvalue weighted by Gasteiger charge is 2.49. The lowest BCUT2D eigenvalue weighted by atomic mass is 9.82. The van der Waals surface area contributed by atoms with E-state index in [1.165, 1.54) is 38.9 Å². The fourth-order valence-corrected chi connectivity index (χ4v) is 4.85. The third-order valence-corrected chi connectivity index (χ3v) is 6.39. The van der Waals surface area contributed by atoms with Crippen molar-refractivity contribution in [3.05, 3.63) is 23.8 Å². The van der Waals surface area contributed by atoms with Crippen LogP contribution in [0, 0.1) is 5.92 Å². The monoisotopic (exact) mass is 372 g/mol. The standard InChI is InChI=1S/C21H28N2O4/c24-20(17-4-3-5-18-19(17)26-11-10-25-18)23-14-21(15-23)7-6-16(13-27-21)12-22-8-1-2-9-22/h3-5,16H,1-2,6-15H2/t16-/m0/s1. The van der Waals surface area contributed by atoms with Crippen LogP contribution in [-0.2, 0) is 4.74 Å². The molecule has 4 heterocycles. The maximum atomic E-state index is 12.9. The van der Waals surface area contributed by atoms with Crippen molar-refractivity contribution in [3.8, 4) is 11.5 Å². The maximum absolute atomic E-state index is 12.9. The number of likely N-dealkylation sites (tertiary alicyclic amines) is 2. The number of benzene rings is 1. The Morgan fingerprint density at radius 2 is 1.96 bits per heavy atom. The molecular formula is C21H28N2O4. The summed E-state index contributed by atoms with van der Waals surface area (Å²) in [6.45, 7) is 6.89. The highest BCUT2D eigenvalue weighted by molar-refractivity contribution is 5.98. The van der Waals surface area contributed by atoms with E-state index in [4.69, 9.17) is 14.2 Å². The zero-order valence-corrected chi connectivity index (χ0v) is 15.8. The third-order valence-electron chi connectivity index (χ3n) is 6.39. The van der Waals surface area contributed by atoms with E-state index < -0.39 is 0 Å². The van der Waals surface area contributed by atoms with Gasteiger partial charge in [0, 0.05) is 6.54 Å². The summed E-state index contributed by atoms with van der Waals surface area (Å²) in [6.07, 6.45) is 4.94. The summed E-state index contributed by atoms with van der Waals surface area (Å²) in [7, 11) is 0. The number of para-hydroxylation sites is 1. The van der Waals surface area contributed by atoms with Gasteiger partial charge in [-0.1, -0.05) is 6.07 Å². The minimum Gasteiger partial charge on any atom is -0.486 e. The molecule has 0 bridgehead atoms. The van der Waals surface area contributed by atoms with Crippen molar-refractivity contribution in [1.29, 1.82) is 0 Å². The summed E-state index contributed by atoms with van der Waals surface area (Å²) in [5.74, 6) is 1.92. The predicted octanol–water partition coefficient (Wildman–Crippen LogP) is 2.17. The van der Waals surface area contributed by atoms with Gasteiger partial charge in [0.25, 0.3) is 5.91 Å². The lowest BCUT2D eigenvalue weighted by Crippen LogP contribution is -2.66. The highest BCUT2D eigenvalue weighted by atomic mass is 16.6. The first-order valence-corrected chi connectivity index (χ1v) is 10.3. The molecule has 6 nitrogen and oxygen atoms in total. The Hall–Kier alpha value is -1.79. The molecule has 1 atom stereocenters. The van der Waals surface area contributed by atoms with Gasteiger partial charge in [-0.2, -0.15) is 0 Å². The summed E-state index contributed by atoms with van der Waals surface area (Å²) in [5.41, 5.74) is 0.480. The van der Waals surface area contributed by atoms with Crippen LogP contribution in [0.25, 0.3) is 0 Å². The Kier molecular flexibility index (Phi) is 4.48. The van der Waals surface area contributed by atoms with Gasteiger partial charge in [-0.3, -0.25) is 4.79 Å². The van der Waals surface area contributed by atoms with Gasteiger partial charge in [0.1, 0.15) is 18.8 Å². The summed E-state index contributed by atoms with van der Waals surface area (Å²) in [6, 6.07) is 5.54. The van der Waals surface area contributed by atoms with Crippen LogP contribution in [-0.4, -0.2) is 73.9 Å². The molecule has 1 spiro atoms. The second-order valence-electron chi connectivity index (χ2n) is 8.40. The van der Waals surface area contributed by atoms with E-state index in [9.17, 15) is 4.79 Å². The topological polar surface area (TPSA) is 51.2 Å². The lowest BCUT2D eigenvalue weighted by molar-refractivity contribution is -0.168. The second-order valence-corrected chi connectivity index (χ2v) is 8.40. The molecule has 0 N–H and O–H groups in total. The third kappa shape index (κ3) is 3.29. The van der Waals surface area contributed by atoms with Crippen molar-refractivity contribution >= 4 is 5.91 Å². The van der Waals surface area contributed by atoms with Crippen LogP contribution >= 0.6 is 0 Å². The molecule has 6 heteroatoms. The Morgan fingerprint density at radius 3 is 2.74 bits per heavy atom. The average molecular weight is 372 g/mol. The summed E-state index contributed by atoms with van der Waals surface area (Å²) >= 11 is 0. The molecule has 3 saturated heterocycles. The van der Waals surface area contributed by atoms with Gasteiger partial charge in [0.05, 0.1) is 25.3 Å². The molecule has 4 aliphatic heterocycles.